The van der Waals surface area contributed by atoms with Crippen LogP contribution in [-0.4, -0.2) is 30.8 Å². The summed E-state index contributed by atoms with van der Waals surface area (Å²) in [5, 5.41) is 8.51. The van der Waals surface area contributed by atoms with Crippen molar-refractivity contribution in [2.75, 3.05) is 25.9 Å². The van der Waals surface area contributed by atoms with E-state index in [0.29, 0.717) is 11.8 Å². The van der Waals surface area contributed by atoms with Crippen molar-refractivity contribution in [1.29, 1.82) is 5.26 Å². The first-order valence-electron chi connectivity index (χ1n) is 5.39. The van der Waals surface area contributed by atoms with E-state index in [9.17, 15) is 0 Å². The van der Waals surface area contributed by atoms with Gasteiger partial charge >= 0.3 is 0 Å². The zero-order valence-corrected chi connectivity index (χ0v) is 9.89. The van der Waals surface area contributed by atoms with E-state index in [0.717, 1.165) is 18.8 Å². The highest BCUT2D eigenvalue weighted by Gasteiger charge is 2.33. The molecular weight excluding hydrogens is 192 g/mol. The highest BCUT2D eigenvalue weighted by atomic mass is 32.1. The molecule has 1 saturated carbocycles. The van der Waals surface area contributed by atoms with E-state index in [1.165, 1.54) is 25.7 Å². The van der Waals surface area contributed by atoms with Crippen molar-refractivity contribution in [2.24, 2.45) is 5.41 Å². The quantitative estimate of drug-likeness (QED) is 0.708. The maximum Gasteiger partial charge on any atom is 0.0635 e. The molecule has 0 atom stereocenters. The standard InChI is InChI=1S/C11H20N2S/c1-13(8-4-7-12)9-11(10-14)5-2-3-6-11/h14H,2-6,8-10H2,1H3. The van der Waals surface area contributed by atoms with Crippen molar-refractivity contribution in [3.63, 3.8) is 0 Å². The van der Waals surface area contributed by atoms with Gasteiger partial charge in [0.15, 0.2) is 0 Å². The smallest absolute Gasteiger partial charge is 0.0635 e. The minimum absolute atomic E-state index is 0.438. The van der Waals surface area contributed by atoms with Crippen LogP contribution in [0.1, 0.15) is 32.1 Å². The van der Waals surface area contributed by atoms with Gasteiger partial charge in [0, 0.05) is 19.5 Å². The molecule has 14 heavy (non-hydrogen) atoms. The molecule has 0 aliphatic heterocycles. The third kappa shape index (κ3) is 3.18. The van der Waals surface area contributed by atoms with Crippen LogP contribution < -0.4 is 0 Å². The zero-order valence-electron chi connectivity index (χ0n) is 9.00. The van der Waals surface area contributed by atoms with Crippen LogP contribution in [-0.2, 0) is 0 Å². The van der Waals surface area contributed by atoms with Crippen molar-refractivity contribution >= 4 is 12.6 Å². The number of rotatable bonds is 5. The summed E-state index contributed by atoms with van der Waals surface area (Å²) >= 11 is 4.48. The lowest BCUT2D eigenvalue weighted by atomic mass is 9.88. The number of thiol groups is 1. The lowest BCUT2D eigenvalue weighted by Gasteiger charge is -2.31. The molecule has 0 amide bonds. The van der Waals surface area contributed by atoms with Gasteiger partial charge in [0.05, 0.1) is 6.07 Å². The number of nitriles is 1. The van der Waals surface area contributed by atoms with E-state index in [4.69, 9.17) is 5.26 Å². The van der Waals surface area contributed by atoms with E-state index in [1.807, 2.05) is 0 Å². The van der Waals surface area contributed by atoms with Gasteiger partial charge in [0.2, 0.25) is 0 Å². The predicted molar refractivity (Wildman–Crippen MR) is 62.5 cm³/mol. The second-order valence-electron chi connectivity index (χ2n) is 4.51. The van der Waals surface area contributed by atoms with Crippen LogP contribution in [0, 0.1) is 16.7 Å². The van der Waals surface area contributed by atoms with Gasteiger partial charge in [-0.2, -0.15) is 17.9 Å². The van der Waals surface area contributed by atoms with E-state index >= 15 is 0 Å². The van der Waals surface area contributed by atoms with Gasteiger partial charge in [0.25, 0.3) is 0 Å². The minimum atomic E-state index is 0.438. The summed E-state index contributed by atoms with van der Waals surface area (Å²) < 4.78 is 0. The molecule has 0 spiro atoms. The number of hydrogen-bond acceptors (Lipinski definition) is 3. The maximum atomic E-state index is 8.51. The Kier molecular flexibility index (Phi) is 4.77. The molecule has 80 valence electrons. The molecule has 3 heteroatoms. The molecule has 0 saturated heterocycles. The van der Waals surface area contributed by atoms with Crippen LogP contribution in [0.2, 0.25) is 0 Å². The highest BCUT2D eigenvalue weighted by molar-refractivity contribution is 7.80. The van der Waals surface area contributed by atoms with E-state index in [-0.39, 0.29) is 0 Å². The van der Waals surface area contributed by atoms with Gasteiger partial charge in [-0.3, -0.25) is 0 Å². The average Bonchev–Trinajstić information content (AvgIpc) is 2.64. The van der Waals surface area contributed by atoms with E-state index in [1.54, 1.807) is 0 Å². The predicted octanol–water partition coefficient (Wildman–Crippen LogP) is 2.32. The summed E-state index contributed by atoms with van der Waals surface area (Å²) in [5.41, 5.74) is 0.438. The van der Waals surface area contributed by atoms with Crippen molar-refractivity contribution in [3.8, 4) is 6.07 Å². The Morgan fingerprint density at radius 3 is 2.57 bits per heavy atom. The van der Waals surface area contributed by atoms with Crippen LogP contribution in [0.5, 0.6) is 0 Å². The molecule has 0 unspecified atom stereocenters. The fraction of sp³-hybridized carbons (Fsp3) is 0.909. The van der Waals surface area contributed by atoms with Crippen LogP contribution in [0.25, 0.3) is 0 Å². The molecule has 1 aliphatic rings. The summed E-state index contributed by atoms with van der Waals surface area (Å²) in [6.07, 6.45) is 5.97. The topological polar surface area (TPSA) is 27.0 Å². The van der Waals surface area contributed by atoms with Gasteiger partial charge in [-0.25, -0.2) is 0 Å². The van der Waals surface area contributed by atoms with Gasteiger partial charge in [-0.1, -0.05) is 12.8 Å². The summed E-state index contributed by atoms with van der Waals surface area (Å²) in [4.78, 5) is 2.28. The molecule has 0 aromatic rings. The molecule has 1 rings (SSSR count). The largest absolute Gasteiger partial charge is 0.305 e. The van der Waals surface area contributed by atoms with Crippen LogP contribution in [0.15, 0.2) is 0 Å². The van der Waals surface area contributed by atoms with E-state index < -0.39 is 0 Å². The average molecular weight is 212 g/mol. The van der Waals surface area contributed by atoms with Gasteiger partial charge in [-0.05, 0) is 31.1 Å². The first-order valence-corrected chi connectivity index (χ1v) is 6.02. The van der Waals surface area contributed by atoms with Crippen molar-refractivity contribution in [2.45, 2.75) is 32.1 Å². The van der Waals surface area contributed by atoms with Gasteiger partial charge < -0.3 is 4.90 Å². The summed E-state index contributed by atoms with van der Waals surface area (Å²) in [6.45, 7) is 2.00. The SMILES string of the molecule is CN(CCC#N)CC1(CS)CCCC1. The van der Waals surface area contributed by atoms with Crippen LogP contribution >= 0.6 is 12.6 Å². The highest BCUT2D eigenvalue weighted by Crippen LogP contribution is 2.39. The van der Waals surface area contributed by atoms with E-state index in [2.05, 4.69) is 30.6 Å². The molecular formula is C11H20N2S. The Bertz CT molecular complexity index is 204. The number of nitrogens with zero attached hydrogens (tertiary/aromatic N) is 2. The Labute approximate surface area is 92.7 Å². The van der Waals surface area contributed by atoms with Crippen LogP contribution in [0.3, 0.4) is 0 Å². The summed E-state index contributed by atoms with van der Waals surface area (Å²) in [6, 6.07) is 2.19. The molecule has 0 heterocycles. The lowest BCUT2D eigenvalue weighted by molar-refractivity contribution is 0.204. The molecule has 0 N–H and O–H groups in total. The first kappa shape index (κ1) is 11.9. The molecule has 0 aromatic carbocycles. The second-order valence-corrected chi connectivity index (χ2v) is 4.83. The zero-order chi connectivity index (χ0) is 10.4. The molecule has 0 bridgehead atoms. The van der Waals surface area contributed by atoms with Crippen molar-refractivity contribution in [1.82, 2.24) is 4.90 Å². The van der Waals surface area contributed by atoms with Crippen LogP contribution in [0.4, 0.5) is 0 Å². The Balaban J connectivity index is 2.36. The Morgan fingerprint density at radius 1 is 1.43 bits per heavy atom. The first-order chi connectivity index (χ1) is 6.72. The molecule has 2 nitrogen and oxygen atoms in total. The molecule has 0 aromatic heterocycles. The molecule has 1 aliphatic carbocycles. The maximum absolute atomic E-state index is 8.51. The fourth-order valence-corrected chi connectivity index (χ4v) is 2.80. The Hall–Kier alpha value is -0.200. The van der Waals surface area contributed by atoms with Gasteiger partial charge in [-0.15, -0.1) is 0 Å². The number of hydrogen-bond donors (Lipinski definition) is 1. The monoisotopic (exact) mass is 212 g/mol. The van der Waals surface area contributed by atoms with Gasteiger partial charge in [0.1, 0.15) is 0 Å². The lowest BCUT2D eigenvalue weighted by Crippen LogP contribution is -2.35. The van der Waals surface area contributed by atoms with Crippen molar-refractivity contribution in [3.05, 3.63) is 0 Å². The Morgan fingerprint density at radius 2 is 2.07 bits per heavy atom. The second kappa shape index (κ2) is 5.63. The third-order valence-electron chi connectivity index (χ3n) is 3.21. The normalized spacial score (nSPS) is 19.9. The minimum Gasteiger partial charge on any atom is -0.305 e. The van der Waals surface area contributed by atoms with Crippen molar-refractivity contribution < 1.29 is 0 Å². The summed E-state index contributed by atoms with van der Waals surface area (Å²) in [5.74, 6) is 0.990. The molecule has 0 radical (unpaired) electrons. The fourth-order valence-electron chi connectivity index (χ4n) is 2.38. The molecule has 1 fully saturated rings. The summed E-state index contributed by atoms with van der Waals surface area (Å²) in [7, 11) is 2.11. The third-order valence-corrected chi connectivity index (χ3v) is 3.88.